The number of ketones is 1. The van der Waals surface area contributed by atoms with Crippen LogP contribution in [-0.2, 0) is 14.3 Å². The van der Waals surface area contributed by atoms with E-state index < -0.39 is 6.09 Å². The largest absolute Gasteiger partial charge is 0.465 e. The van der Waals surface area contributed by atoms with Crippen molar-refractivity contribution < 1.29 is 24.2 Å². The summed E-state index contributed by atoms with van der Waals surface area (Å²) in [6.45, 7) is 7.62. The maximum absolute atomic E-state index is 11.7. The van der Waals surface area contributed by atoms with E-state index in [1.807, 2.05) is 6.92 Å². The van der Waals surface area contributed by atoms with Crippen molar-refractivity contribution >= 4 is 18.3 Å². The second-order valence-corrected chi connectivity index (χ2v) is 5.18. The summed E-state index contributed by atoms with van der Waals surface area (Å²) in [6.07, 6.45) is 5.36. The van der Waals surface area contributed by atoms with Gasteiger partial charge in [0.05, 0.1) is 0 Å². The van der Waals surface area contributed by atoms with Crippen LogP contribution >= 0.6 is 0 Å². The maximum Gasteiger partial charge on any atom is 0.408 e. The number of ether oxygens (including phenoxy) is 1. The lowest BCUT2D eigenvalue weighted by molar-refractivity contribution is -0.125. The Kier molecular flexibility index (Phi) is 10.1. The minimum absolute atomic E-state index is 0.0471. The Morgan fingerprint density at radius 1 is 1.30 bits per heavy atom. The molecule has 0 rings (SSSR count). The third kappa shape index (κ3) is 8.60. The molecule has 6 nitrogen and oxygen atoms in total. The lowest BCUT2D eigenvalue weighted by atomic mass is 9.99. The van der Waals surface area contributed by atoms with Gasteiger partial charge >= 0.3 is 6.09 Å². The van der Waals surface area contributed by atoms with Gasteiger partial charge in [0.25, 0.3) is 6.47 Å². The average Bonchev–Trinajstić information content (AvgIpc) is 2.51. The number of amides is 1. The molecule has 1 unspecified atom stereocenters. The predicted octanol–water partition coefficient (Wildman–Crippen LogP) is 3.56. The molecule has 0 bridgehead atoms. The van der Waals surface area contributed by atoms with Gasteiger partial charge in [0.2, 0.25) is 0 Å². The third-order valence-corrected chi connectivity index (χ3v) is 3.45. The van der Waals surface area contributed by atoms with E-state index >= 15 is 0 Å². The van der Waals surface area contributed by atoms with Gasteiger partial charge in [-0.25, -0.2) is 4.79 Å². The summed E-state index contributed by atoms with van der Waals surface area (Å²) in [5, 5.41) is 10.6. The van der Waals surface area contributed by atoms with E-state index in [-0.39, 0.29) is 11.7 Å². The Balaban J connectivity index is 4.92. The van der Waals surface area contributed by atoms with Crippen LogP contribution in [0.1, 0.15) is 47.0 Å². The van der Waals surface area contributed by atoms with Crippen molar-refractivity contribution in [3.05, 3.63) is 35.3 Å². The van der Waals surface area contributed by atoms with Gasteiger partial charge in [-0.2, -0.15) is 0 Å². The first-order chi connectivity index (χ1) is 10.8. The number of Topliss-reactive ketones (excluding diaryl/α,β-unsaturated/α-hetero) is 1. The highest BCUT2D eigenvalue weighted by atomic mass is 16.5. The first kappa shape index (κ1) is 20.6. The van der Waals surface area contributed by atoms with E-state index in [0.29, 0.717) is 37.1 Å². The van der Waals surface area contributed by atoms with Crippen molar-refractivity contribution in [2.24, 2.45) is 5.92 Å². The number of carboxylic acid groups (broad SMARTS) is 1. The monoisotopic (exact) mass is 323 g/mol. The molecule has 0 aromatic heterocycles. The van der Waals surface area contributed by atoms with Crippen LogP contribution in [0, 0.1) is 5.92 Å². The Morgan fingerprint density at radius 2 is 1.96 bits per heavy atom. The zero-order chi connectivity index (χ0) is 17.8. The van der Waals surface area contributed by atoms with E-state index in [1.165, 1.54) is 6.20 Å². The minimum Gasteiger partial charge on any atom is -0.465 e. The predicted molar refractivity (Wildman–Crippen MR) is 87.6 cm³/mol. The molecule has 6 heteroatoms. The maximum atomic E-state index is 11.7. The summed E-state index contributed by atoms with van der Waals surface area (Å²) in [5.41, 5.74) is 1.42. The number of carbonyl (C=O) groups excluding carboxylic acids is 2. The van der Waals surface area contributed by atoms with E-state index in [4.69, 9.17) is 9.84 Å². The number of hydrogen-bond acceptors (Lipinski definition) is 4. The summed E-state index contributed by atoms with van der Waals surface area (Å²) >= 11 is 0. The topological polar surface area (TPSA) is 92.7 Å². The summed E-state index contributed by atoms with van der Waals surface area (Å²) in [7, 11) is 0. The molecule has 0 saturated carbocycles. The smallest absolute Gasteiger partial charge is 0.408 e. The normalized spacial score (nSPS) is 14.2. The average molecular weight is 323 g/mol. The fourth-order valence-electron chi connectivity index (χ4n) is 1.86. The Bertz CT molecular complexity index is 517. The molecule has 0 heterocycles. The summed E-state index contributed by atoms with van der Waals surface area (Å²) in [5.74, 6) is 0.494. The van der Waals surface area contributed by atoms with Crippen LogP contribution in [0.15, 0.2) is 35.3 Å². The third-order valence-electron chi connectivity index (χ3n) is 3.45. The van der Waals surface area contributed by atoms with Gasteiger partial charge in [-0.15, -0.1) is 0 Å². The van der Waals surface area contributed by atoms with E-state index in [2.05, 4.69) is 5.32 Å². The van der Waals surface area contributed by atoms with Crippen molar-refractivity contribution in [1.29, 1.82) is 0 Å². The summed E-state index contributed by atoms with van der Waals surface area (Å²) in [6, 6.07) is 0. The van der Waals surface area contributed by atoms with Crippen LogP contribution in [0.5, 0.6) is 0 Å². The van der Waals surface area contributed by atoms with Crippen molar-refractivity contribution in [3.63, 3.8) is 0 Å². The van der Waals surface area contributed by atoms with Gasteiger partial charge in [-0.1, -0.05) is 19.9 Å². The number of carbonyl (C=O) groups is 3. The molecule has 0 fully saturated rings. The molecule has 0 saturated heterocycles. The van der Waals surface area contributed by atoms with Gasteiger partial charge < -0.3 is 9.84 Å². The molecule has 0 aliphatic carbocycles. The lowest BCUT2D eigenvalue weighted by Crippen LogP contribution is -2.12. The highest BCUT2D eigenvalue weighted by Gasteiger charge is 2.12. The molecule has 23 heavy (non-hydrogen) atoms. The highest BCUT2D eigenvalue weighted by Crippen LogP contribution is 2.21. The number of allylic oxidation sites excluding steroid dienone is 5. The highest BCUT2D eigenvalue weighted by molar-refractivity contribution is 5.95. The van der Waals surface area contributed by atoms with Crippen LogP contribution in [0.2, 0.25) is 0 Å². The molecule has 0 spiro atoms. The van der Waals surface area contributed by atoms with Crippen molar-refractivity contribution in [3.8, 4) is 0 Å². The second kappa shape index (κ2) is 11.2. The SMILES string of the molecule is CCC(=O)/C(C)=C(C)/C=C(\OC=O)C(C)CC/C=C/NC(=O)O. The van der Waals surface area contributed by atoms with Crippen molar-refractivity contribution in [1.82, 2.24) is 5.32 Å². The zero-order valence-corrected chi connectivity index (χ0v) is 14.1. The lowest BCUT2D eigenvalue weighted by Gasteiger charge is -2.14. The van der Waals surface area contributed by atoms with Crippen molar-refractivity contribution in [2.75, 3.05) is 0 Å². The number of hydrogen-bond donors (Lipinski definition) is 2. The Labute approximate surface area is 136 Å². The van der Waals surface area contributed by atoms with Gasteiger partial charge in [0.15, 0.2) is 5.78 Å². The van der Waals surface area contributed by atoms with Crippen LogP contribution in [0.4, 0.5) is 4.79 Å². The van der Waals surface area contributed by atoms with Crippen LogP contribution in [0.3, 0.4) is 0 Å². The van der Waals surface area contributed by atoms with Crippen molar-refractivity contribution in [2.45, 2.75) is 47.0 Å². The first-order valence-corrected chi connectivity index (χ1v) is 7.50. The molecule has 0 aliphatic heterocycles. The molecular formula is C17H25NO5. The molecular weight excluding hydrogens is 298 g/mol. The molecule has 0 radical (unpaired) electrons. The Morgan fingerprint density at radius 3 is 2.48 bits per heavy atom. The number of nitrogens with one attached hydrogen (secondary N) is 1. The number of rotatable bonds is 10. The standard InChI is InChI=1S/C17H25NO5/c1-5-15(20)14(4)13(3)10-16(23-11-19)12(2)8-6-7-9-18-17(21)22/h7,9-12,18H,5-6,8H2,1-4H3,(H,21,22)/b9-7+,14-13+,16-10-. The molecule has 1 atom stereocenters. The molecule has 1 amide bonds. The fraction of sp³-hybridized carbons (Fsp3) is 0.471. The van der Waals surface area contributed by atoms with E-state index in [0.717, 1.165) is 5.57 Å². The van der Waals surface area contributed by atoms with Crippen LogP contribution in [0.25, 0.3) is 0 Å². The molecule has 0 aromatic rings. The van der Waals surface area contributed by atoms with Gasteiger partial charge in [0, 0.05) is 18.5 Å². The van der Waals surface area contributed by atoms with E-state index in [1.54, 1.807) is 32.9 Å². The molecule has 2 N–H and O–H groups in total. The first-order valence-electron chi connectivity index (χ1n) is 7.50. The van der Waals surface area contributed by atoms with Gasteiger partial charge in [-0.05, 0) is 43.9 Å². The van der Waals surface area contributed by atoms with Gasteiger partial charge in [0.1, 0.15) is 5.76 Å². The molecule has 0 aliphatic rings. The quantitative estimate of drug-likeness (QED) is 0.277. The zero-order valence-electron chi connectivity index (χ0n) is 14.1. The summed E-state index contributed by atoms with van der Waals surface area (Å²) in [4.78, 5) is 32.7. The van der Waals surface area contributed by atoms with Crippen LogP contribution < -0.4 is 5.32 Å². The molecule has 0 aromatic carbocycles. The van der Waals surface area contributed by atoms with Gasteiger partial charge in [-0.3, -0.25) is 14.9 Å². The second-order valence-electron chi connectivity index (χ2n) is 5.18. The molecule has 128 valence electrons. The Hall–Kier alpha value is -2.37. The minimum atomic E-state index is -1.11. The van der Waals surface area contributed by atoms with E-state index in [9.17, 15) is 14.4 Å². The van der Waals surface area contributed by atoms with Crippen LogP contribution in [-0.4, -0.2) is 23.5 Å². The fourth-order valence-corrected chi connectivity index (χ4v) is 1.86. The summed E-state index contributed by atoms with van der Waals surface area (Å²) < 4.78 is 5.03.